The third-order valence-electron chi connectivity index (χ3n) is 4.90. The normalized spacial score (nSPS) is 12.2. The third-order valence-corrected chi connectivity index (χ3v) is 6.23. The van der Waals surface area contributed by atoms with E-state index in [-0.39, 0.29) is 12.0 Å². The number of carbonyl (C=O) groups excluding carboxylic acids is 1. The minimum atomic E-state index is -1.20. The molecule has 0 radical (unpaired) electrons. The molecule has 0 saturated heterocycles. The van der Waals surface area contributed by atoms with Crippen molar-refractivity contribution < 1.29 is 18.2 Å². The topological polar surface area (TPSA) is 81.4 Å². The van der Waals surface area contributed by atoms with Crippen LogP contribution in [0.25, 0.3) is 11.5 Å². The molecule has 1 N–H and O–H groups in total. The van der Waals surface area contributed by atoms with Gasteiger partial charge < -0.3 is 14.5 Å². The summed E-state index contributed by atoms with van der Waals surface area (Å²) in [6.07, 6.45) is 0.963. The number of benzene rings is 2. The van der Waals surface area contributed by atoms with Gasteiger partial charge in [-0.05, 0) is 70.5 Å². The summed E-state index contributed by atoms with van der Waals surface area (Å²) in [5, 5.41) is 2.89. The van der Waals surface area contributed by atoms with Crippen molar-refractivity contribution in [3.63, 3.8) is 0 Å². The lowest BCUT2D eigenvalue weighted by Gasteiger charge is -2.08. The smallest absolute Gasteiger partial charge is 0.251 e. The molecule has 1 heterocycles. The summed E-state index contributed by atoms with van der Waals surface area (Å²) in [6, 6.07) is 14.8. The Balaban J connectivity index is 1.59. The van der Waals surface area contributed by atoms with E-state index in [9.17, 15) is 9.00 Å². The summed E-state index contributed by atoms with van der Waals surface area (Å²) < 4.78 is 24.0. The van der Waals surface area contributed by atoms with Crippen molar-refractivity contribution in [2.75, 3.05) is 13.2 Å². The van der Waals surface area contributed by atoms with Crippen LogP contribution in [0.1, 0.15) is 47.6 Å². The van der Waals surface area contributed by atoms with Gasteiger partial charge in [-0.3, -0.25) is 9.00 Å². The van der Waals surface area contributed by atoms with Gasteiger partial charge in [0.2, 0.25) is 5.89 Å². The average Bonchev–Trinajstić information content (AvgIpc) is 3.13. The lowest BCUT2D eigenvalue weighted by atomic mass is 10.1. The van der Waals surface area contributed by atoms with Gasteiger partial charge in [-0.1, -0.05) is 17.7 Å². The van der Waals surface area contributed by atoms with Crippen LogP contribution in [-0.4, -0.2) is 34.4 Å². The number of hydrogen-bond donors (Lipinski definition) is 1. The van der Waals surface area contributed by atoms with Crippen LogP contribution in [0, 0.1) is 13.8 Å². The minimum Gasteiger partial charge on any atom is -0.441 e. The second-order valence-corrected chi connectivity index (χ2v) is 9.38. The van der Waals surface area contributed by atoms with Crippen molar-refractivity contribution in [1.29, 1.82) is 0 Å². The van der Waals surface area contributed by atoms with Crippen LogP contribution in [0.4, 0.5) is 0 Å². The molecule has 0 aliphatic heterocycles. The molecule has 3 aromatic rings. The fourth-order valence-corrected chi connectivity index (χ4v) is 4.16. The molecule has 0 spiro atoms. The number of hydrogen-bond acceptors (Lipinski definition) is 5. The highest BCUT2D eigenvalue weighted by Gasteiger charge is 2.15. The fourth-order valence-electron chi connectivity index (χ4n) is 3.04. The van der Waals surface area contributed by atoms with Gasteiger partial charge >= 0.3 is 0 Å². The number of aromatic nitrogens is 1. The van der Waals surface area contributed by atoms with Crippen LogP contribution in [0.15, 0.2) is 57.8 Å². The number of nitrogens with one attached hydrogen (secondary N) is 1. The van der Waals surface area contributed by atoms with Crippen molar-refractivity contribution in [3.8, 4) is 11.5 Å². The first-order valence-electron chi connectivity index (χ1n) is 10.7. The lowest BCUT2D eigenvalue weighted by Crippen LogP contribution is -2.25. The highest BCUT2D eigenvalue weighted by atomic mass is 32.2. The van der Waals surface area contributed by atoms with Gasteiger partial charge in [0.15, 0.2) is 0 Å². The monoisotopic (exact) mass is 454 g/mol. The molecule has 1 atom stereocenters. The quantitative estimate of drug-likeness (QED) is 0.445. The van der Waals surface area contributed by atoms with E-state index in [4.69, 9.17) is 9.15 Å². The van der Waals surface area contributed by atoms with E-state index >= 15 is 0 Å². The van der Waals surface area contributed by atoms with E-state index in [1.165, 1.54) is 0 Å². The van der Waals surface area contributed by atoms with Gasteiger partial charge in [-0.15, -0.1) is 0 Å². The molecule has 2 aromatic carbocycles. The van der Waals surface area contributed by atoms with Gasteiger partial charge in [-0.2, -0.15) is 0 Å². The molecule has 1 unspecified atom stereocenters. The summed E-state index contributed by atoms with van der Waals surface area (Å²) in [6.45, 7) is 8.98. The summed E-state index contributed by atoms with van der Waals surface area (Å²) in [7, 11) is -1.20. The Bertz CT molecular complexity index is 1060. The molecule has 1 aromatic heterocycles. The average molecular weight is 455 g/mol. The summed E-state index contributed by atoms with van der Waals surface area (Å²) in [4.78, 5) is 17.6. The number of ether oxygens (including phenoxy) is 1. The van der Waals surface area contributed by atoms with Crippen LogP contribution in [0.5, 0.6) is 0 Å². The molecule has 170 valence electrons. The largest absolute Gasteiger partial charge is 0.441 e. The molecule has 6 nitrogen and oxygen atoms in total. The highest BCUT2D eigenvalue weighted by molar-refractivity contribution is 7.84. The first kappa shape index (κ1) is 23.9. The molecule has 0 aliphatic carbocycles. The number of oxazole rings is 1. The fraction of sp³-hybridized carbons (Fsp3) is 0.360. The Hall–Kier alpha value is -2.77. The first-order chi connectivity index (χ1) is 15.3. The number of rotatable bonds is 10. The summed E-state index contributed by atoms with van der Waals surface area (Å²) in [5.74, 6) is 1.26. The van der Waals surface area contributed by atoms with Crippen molar-refractivity contribution in [2.45, 2.75) is 50.9 Å². The van der Waals surface area contributed by atoms with E-state index in [1.54, 1.807) is 12.1 Å². The zero-order valence-corrected chi connectivity index (χ0v) is 19.8. The first-order valence-corrected chi connectivity index (χ1v) is 12.1. The molecule has 3 rings (SSSR count). The van der Waals surface area contributed by atoms with E-state index in [2.05, 4.69) is 10.3 Å². The van der Waals surface area contributed by atoms with E-state index in [1.807, 2.05) is 64.1 Å². The molecule has 0 fully saturated rings. The Labute approximate surface area is 191 Å². The molecule has 32 heavy (non-hydrogen) atoms. The van der Waals surface area contributed by atoms with Crippen LogP contribution < -0.4 is 5.32 Å². The zero-order valence-electron chi connectivity index (χ0n) is 19.0. The summed E-state index contributed by atoms with van der Waals surface area (Å²) >= 11 is 0. The Morgan fingerprint density at radius 3 is 2.44 bits per heavy atom. The van der Waals surface area contributed by atoms with E-state index in [0.29, 0.717) is 41.8 Å². The van der Waals surface area contributed by atoms with Gasteiger partial charge in [0.25, 0.3) is 5.91 Å². The molecular formula is C25H30N2O4S. The summed E-state index contributed by atoms with van der Waals surface area (Å²) in [5.41, 5.74) is 3.14. The molecular weight excluding hydrogens is 424 g/mol. The maximum atomic E-state index is 12.7. The molecule has 0 bridgehead atoms. The Morgan fingerprint density at radius 2 is 1.78 bits per heavy atom. The van der Waals surface area contributed by atoms with Crippen LogP contribution in [0.2, 0.25) is 0 Å². The third kappa shape index (κ3) is 6.61. The Kier molecular flexibility index (Phi) is 8.36. The number of nitrogens with zero attached hydrogens (tertiary/aromatic N) is 1. The number of amides is 1. The highest BCUT2D eigenvalue weighted by Crippen LogP contribution is 2.24. The zero-order chi connectivity index (χ0) is 23.1. The molecule has 1 amide bonds. The lowest BCUT2D eigenvalue weighted by molar-refractivity contribution is 0.0757. The van der Waals surface area contributed by atoms with Crippen LogP contribution >= 0.6 is 0 Å². The van der Waals surface area contributed by atoms with Crippen molar-refractivity contribution in [2.24, 2.45) is 0 Å². The standard InChI is InChI=1S/C25H30N2O4S/c1-17(2)30-15-5-14-26-24(28)20-8-10-21(11-9-20)25-27-23(19(4)31-25)16-32(29)22-12-6-18(3)7-13-22/h6-13,17H,5,14-16H2,1-4H3,(H,26,28). The number of aryl methyl sites for hydroxylation is 2. The van der Waals surface area contributed by atoms with Crippen LogP contribution in [-0.2, 0) is 21.3 Å². The van der Waals surface area contributed by atoms with Gasteiger partial charge in [0.1, 0.15) is 5.76 Å². The van der Waals surface area contributed by atoms with E-state index in [0.717, 1.165) is 22.4 Å². The molecule has 0 saturated carbocycles. The maximum absolute atomic E-state index is 12.7. The second kappa shape index (κ2) is 11.2. The maximum Gasteiger partial charge on any atom is 0.251 e. The van der Waals surface area contributed by atoms with Crippen molar-refractivity contribution in [3.05, 3.63) is 71.1 Å². The second-order valence-electron chi connectivity index (χ2n) is 7.93. The van der Waals surface area contributed by atoms with Crippen molar-refractivity contribution >= 4 is 16.7 Å². The van der Waals surface area contributed by atoms with Crippen LogP contribution in [0.3, 0.4) is 0 Å². The van der Waals surface area contributed by atoms with E-state index < -0.39 is 10.8 Å². The van der Waals surface area contributed by atoms with Gasteiger partial charge in [-0.25, -0.2) is 4.98 Å². The predicted octanol–water partition coefficient (Wildman–Crippen LogP) is 4.81. The van der Waals surface area contributed by atoms with Crippen molar-refractivity contribution in [1.82, 2.24) is 10.3 Å². The SMILES string of the molecule is Cc1ccc(S(=O)Cc2nc(-c3ccc(C(=O)NCCCOC(C)C)cc3)oc2C)cc1. The predicted molar refractivity (Wildman–Crippen MR) is 126 cm³/mol. The van der Waals surface area contributed by atoms with Gasteiger partial charge in [0.05, 0.1) is 28.4 Å². The molecule has 7 heteroatoms. The van der Waals surface area contributed by atoms with Gasteiger partial charge in [0, 0.05) is 29.2 Å². The Morgan fingerprint density at radius 1 is 1.09 bits per heavy atom. The number of carbonyl (C=O) groups is 1. The molecule has 0 aliphatic rings. The minimum absolute atomic E-state index is 0.126.